The molecule has 0 bridgehead atoms. The molecule has 3 rings (SSSR count). The van der Waals surface area contributed by atoms with Crippen LogP contribution in [0, 0.1) is 17.8 Å². The Bertz CT molecular complexity index is 445. The van der Waals surface area contributed by atoms with Gasteiger partial charge in [-0.1, -0.05) is 44.4 Å². The van der Waals surface area contributed by atoms with Crippen LogP contribution in [0.5, 0.6) is 5.75 Å². The zero-order valence-corrected chi connectivity index (χ0v) is 12.6. The fourth-order valence-corrected chi connectivity index (χ4v) is 4.04. The van der Waals surface area contributed by atoms with Crippen LogP contribution in [-0.4, -0.2) is 12.6 Å². The van der Waals surface area contributed by atoms with Crippen molar-refractivity contribution in [1.82, 2.24) is 0 Å². The highest BCUT2D eigenvalue weighted by molar-refractivity contribution is 5.35. The van der Waals surface area contributed by atoms with E-state index in [-0.39, 0.29) is 0 Å². The number of fused-ring (bicyclic) bond motifs is 1. The molecule has 0 aromatic heterocycles. The molecule has 1 aliphatic heterocycles. The predicted molar refractivity (Wildman–Crippen MR) is 82.8 cm³/mol. The van der Waals surface area contributed by atoms with Gasteiger partial charge in [0, 0.05) is 12.0 Å². The van der Waals surface area contributed by atoms with E-state index in [9.17, 15) is 0 Å². The summed E-state index contributed by atoms with van der Waals surface area (Å²) >= 11 is 0. The van der Waals surface area contributed by atoms with Crippen LogP contribution in [0.15, 0.2) is 24.3 Å². The minimum atomic E-state index is 0.303. The quantitative estimate of drug-likeness (QED) is 0.909. The summed E-state index contributed by atoms with van der Waals surface area (Å²) in [6, 6.07) is 8.71. The van der Waals surface area contributed by atoms with Crippen molar-refractivity contribution < 1.29 is 4.74 Å². The molecule has 1 aromatic carbocycles. The zero-order chi connectivity index (χ0) is 13.9. The van der Waals surface area contributed by atoms with E-state index >= 15 is 0 Å². The van der Waals surface area contributed by atoms with E-state index in [0.29, 0.717) is 17.9 Å². The highest BCUT2D eigenvalue weighted by Crippen LogP contribution is 2.36. The molecule has 1 saturated carbocycles. The van der Waals surface area contributed by atoms with Gasteiger partial charge in [-0.25, -0.2) is 0 Å². The maximum absolute atomic E-state index is 6.62. The monoisotopic (exact) mass is 273 g/mol. The molecular weight excluding hydrogens is 246 g/mol. The Balaban J connectivity index is 1.65. The first-order valence-corrected chi connectivity index (χ1v) is 8.24. The molecule has 1 fully saturated rings. The van der Waals surface area contributed by atoms with E-state index in [4.69, 9.17) is 10.5 Å². The lowest BCUT2D eigenvalue weighted by molar-refractivity contribution is 0.139. The number of hydrogen-bond donors (Lipinski definition) is 1. The van der Waals surface area contributed by atoms with Crippen molar-refractivity contribution in [2.24, 2.45) is 23.5 Å². The van der Waals surface area contributed by atoms with Gasteiger partial charge < -0.3 is 10.5 Å². The summed E-state index contributed by atoms with van der Waals surface area (Å²) in [6.07, 6.45) is 7.81. The number of hydrogen-bond acceptors (Lipinski definition) is 2. The molecule has 2 N–H and O–H groups in total. The maximum atomic E-state index is 6.62. The van der Waals surface area contributed by atoms with Gasteiger partial charge in [-0.3, -0.25) is 0 Å². The van der Waals surface area contributed by atoms with Crippen molar-refractivity contribution in [2.45, 2.75) is 51.5 Å². The van der Waals surface area contributed by atoms with Crippen molar-refractivity contribution in [3.05, 3.63) is 29.8 Å². The van der Waals surface area contributed by atoms with Gasteiger partial charge in [0.2, 0.25) is 0 Å². The lowest BCUT2D eigenvalue weighted by atomic mass is 9.73. The van der Waals surface area contributed by atoms with Crippen LogP contribution in [-0.2, 0) is 6.42 Å². The standard InChI is InChI=1S/C18H27NO/c1-2-13-6-5-8-15(10-13)18(19)16-11-14-7-3-4-9-17(14)20-12-16/h3-4,7,9,13,15-16,18H,2,5-6,8,10-12,19H2,1H3. The van der Waals surface area contributed by atoms with Gasteiger partial charge in [0.15, 0.2) is 0 Å². The maximum Gasteiger partial charge on any atom is 0.122 e. The van der Waals surface area contributed by atoms with Gasteiger partial charge in [-0.15, -0.1) is 0 Å². The zero-order valence-electron chi connectivity index (χ0n) is 12.6. The van der Waals surface area contributed by atoms with Crippen LogP contribution < -0.4 is 10.5 Å². The lowest BCUT2D eigenvalue weighted by Crippen LogP contribution is -2.44. The third-order valence-electron chi connectivity index (χ3n) is 5.40. The summed E-state index contributed by atoms with van der Waals surface area (Å²) in [6.45, 7) is 3.12. The number of para-hydroxylation sites is 1. The van der Waals surface area contributed by atoms with Gasteiger partial charge in [0.25, 0.3) is 0 Å². The third kappa shape index (κ3) is 2.85. The van der Waals surface area contributed by atoms with Crippen LogP contribution in [0.2, 0.25) is 0 Å². The molecule has 1 aliphatic carbocycles. The first-order chi connectivity index (χ1) is 9.78. The minimum Gasteiger partial charge on any atom is -0.493 e. The molecule has 1 heterocycles. The van der Waals surface area contributed by atoms with Crippen LogP contribution >= 0.6 is 0 Å². The molecule has 0 saturated heterocycles. The summed E-state index contributed by atoms with van der Waals surface area (Å²) in [5.41, 5.74) is 7.95. The SMILES string of the molecule is CCC1CCCC(C(N)C2COc3ccccc3C2)C1. The Morgan fingerprint density at radius 3 is 2.95 bits per heavy atom. The van der Waals surface area contributed by atoms with E-state index in [0.717, 1.165) is 24.7 Å². The fourth-order valence-electron chi connectivity index (χ4n) is 4.04. The first-order valence-electron chi connectivity index (χ1n) is 8.24. The Morgan fingerprint density at radius 2 is 2.10 bits per heavy atom. The second kappa shape index (κ2) is 6.17. The molecule has 4 atom stereocenters. The molecule has 1 aromatic rings. The summed E-state index contributed by atoms with van der Waals surface area (Å²) in [5.74, 6) is 3.15. The topological polar surface area (TPSA) is 35.2 Å². The molecule has 0 amide bonds. The van der Waals surface area contributed by atoms with Crippen LogP contribution in [0.1, 0.15) is 44.6 Å². The second-order valence-corrected chi connectivity index (χ2v) is 6.66. The Morgan fingerprint density at radius 1 is 1.25 bits per heavy atom. The fraction of sp³-hybridized carbons (Fsp3) is 0.667. The van der Waals surface area contributed by atoms with E-state index in [1.165, 1.54) is 37.7 Å². The van der Waals surface area contributed by atoms with Crippen LogP contribution in [0.25, 0.3) is 0 Å². The van der Waals surface area contributed by atoms with Crippen molar-refractivity contribution in [3.8, 4) is 5.75 Å². The van der Waals surface area contributed by atoms with Gasteiger partial charge in [0.1, 0.15) is 5.75 Å². The number of benzene rings is 1. The van der Waals surface area contributed by atoms with E-state index in [1.807, 2.05) is 6.07 Å². The predicted octanol–water partition coefficient (Wildman–Crippen LogP) is 3.78. The average Bonchev–Trinajstić information content (AvgIpc) is 2.53. The molecular formula is C18H27NO. The largest absolute Gasteiger partial charge is 0.493 e. The van der Waals surface area contributed by atoms with Crippen molar-refractivity contribution >= 4 is 0 Å². The Labute approximate surface area is 122 Å². The molecule has 2 aliphatic rings. The van der Waals surface area contributed by atoms with Crippen LogP contribution in [0.3, 0.4) is 0 Å². The van der Waals surface area contributed by atoms with Crippen molar-refractivity contribution in [1.29, 1.82) is 0 Å². The number of rotatable bonds is 3. The van der Waals surface area contributed by atoms with Crippen molar-refractivity contribution in [3.63, 3.8) is 0 Å². The van der Waals surface area contributed by atoms with E-state index in [1.54, 1.807) is 0 Å². The van der Waals surface area contributed by atoms with Gasteiger partial charge in [-0.2, -0.15) is 0 Å². The lowest BCUT2D eigenvalue weighted by Gasteiger charge is -2.38. The molecule has 20 heavy (non-hydrogen) atoms. The highest BCUT2D eigenvalue weighted by atomic mass is 16.5. The summed E-state index contributed by atoms with van der Waals surface area (Å²) in [4.78, 5) is 0. The molecule has 4 unspecified atom stereocenters. The molecule has 0 radical (unpaired) electrons. The Hall–Kier alpha value is -1.02. The molecule has 110 valence electrons. The number of ether oxygens (including phenoxy) is 1. The summed E-state index contributed by atoms with van der Waals surface area (Å²) in [7, 11) is 0. The van der Waals surface area contributed by atoms with Gasteiger partial charge >= 0.3 is 0 Å². The van der Waals surface area contributed by atoms with Crippen molar-refractivity contribution in [2.75, 3.05) is 6.61 Å². The van der Waals surface area contributed by atoms with E-state index < -0.39 is 0 Å². The van der Waals surface area contributed by atoms with Crippen LogP contribution in [0.4, 0.5) is 0 Å². The Kier molecular flexibility index (Phi) is 4.30. The van der Waals surface area contributed by atoms with Gasteiger partial charge in [0.05, 0.1) is 6.61 Å². The summed E-state index contributed by atoms with van der Waals surface area (Å²) < 4.78 is 5.92. The third-order valence-corrected chi connectivity index (χ3v) is 5.40. The highest BCUT2D eigenvalue weighted by Gasteiger charge is 2.33. The molecule has 0 spiro atoms. The van der Waals surface area contributed by atoms with Gasteiger partial charge in [-0.05, 0) is 42.7 Å². The average molecular weight is 273 g/mol. The molecule has 2 nitrogen and oxygen atoms in total. The first kappa shape index (κ1) is 13.9. The minimum absolute atomic E-state index is 0.303. The number of nitrogens with two attached hydrogens (primary N) is 1. The smallest absolute Gasteiger partial charge is 0.122 e. The van der Waals surface area contributed by atoms with E-state index in [2.05, 4.69) is 25.1 Å². The molecule has 2 heteroatoms. The summed E-state index contributed by atoms with van der Waals surface area (Å²) in [5, 5.41) is 0. The second-order valence-electron chi connectivity index (χ2n) is 6.66. The normalized spacial score (nSPS) is 31.2.